The number of halogens is 2. The number of hydrogen-bond acceptors (Lipinski definition) is 3. The van der Waals surface area contributed by atoms with Gasteiger partial charge in [-0.3, -0.25) is 4.99 Å². The SMILES string of the molecule is COC(CN=C(N)N1CCN(c2ccc(F)cc2)CC1)c1ccccc1.I. The normalized spacial score (nSPS) is 16.0. The van der Waals surface area contributed by atoms with Crippen LogP contribution in [0.4, 0.5) is 10.1 Å². The van der Waals surface area contributed by atoms with E-state index in [4.69, 9.17) is 10.5 Å². The lowest BCUT2D eigenvalue weighted by Crippen LogP contribution is -2.51. The third-order valence-corrected chi connectivity index (χ3v) is 4.67. The quantitative estimate of drug-likeness (QED) is 0.402. The van der Waals surface area contributed by atoms with E-state index in [0.717, 1.165) is 37.4 Å². The maximum atomic E-state index is 13.1. The minimum absolute atomic E-state index is 0. The lowest BCUT2D eigenvalue weighted by molar-refractivity contribution is 0.110. The van der Waals surface area contributed by atoms with E-state index in [1.807, 2.05) is 42.5 Å². The molecular weight excluding hydrogens is 458 g/mol. The molecule has 0 bridgehead atoms. The molecule has 0 saturated carbocycles. The van der Waals surface area contributed by atoms with Crippen molar-refractivity contribution in [2.75, 3.05) is 44.7 Å². The second kappa shape index (κ2) is 10.5. The van der Waals surface area contributed by atoms with Crippen molar-refractivity contribution >= 4 is 35.6 Å². The minimum Gasteiger partial charge on any atom is -0.375 e. The lowest BCUT2D eigenvalue weighted by atomic mass is 10.1. The molecule has 0 aromatic heterocycles. The number of aliphatic imine (C=N–C) groups is 1. The van der Waals surface area contributed by atoms with Gasteiger partial charge in [0.25, 0.3) is 0 Å². The van der Waals surface area contributed by atoms with Gasteiger partial charge in [0.2, 0.25) is 0 Å². The Labute approximate surface area is 177 Å². The fourth-order valence-corrected chi connectivity index (χ4v) is 3.11. The van der Waals surface area contributed by atoms with E-state index in [2.05, 4.69) is 14.8 Å². The summed E-state index contributed by atoms with van der Waals surface area (Å²) in [6.45, 7) is 3.72. The molecule has 3 rings (SSSR count). The predicted molar refractivity (Wildman–Crippen MR) is 118 cm³/mol. The number of nitrogens with two attached hydrogens (primary N) is 1. The first-order chi connectivity index (χ1) is 12.7. The molecule has 1 heterocycles. The molecule has 1 fully saturated rings. The van der Waals surface area contributed by atoms with Gasteiger partial charge in [-0.05, 0) is 29.8 Å². The number of anilines is 1. The molecule has 0 radical (unpaired) electrons. The standard InChI is InChI=1S/C20H25FN4O.HI/c1-26-19(16-5-3-2-4-6-16)15-23-20(22)25-13-11-24(12-14-25)18-9-7-17(21)8-10-18;/h2-10,19H,11-15H2,1H3,(H2,22,23);1H. The van der Waals surface area contributed by atoms with Crippen molar-refractivity contribution in [3.8, 4) is 0 Å². The van der Waals surface area contributed by atoms with Gasteiger partial charge in [0.1, 0.15) is 11.9 Å². The molecule has 0 amide bonds. The van der Waals surface area contributed by atoms with E-state index < -0.39 is 0 Å². The molecule has 2 N–H and O–H groups in total. The zero-order chi connectivity index (χ0) is 18.4. The van der Waals surface area contributed by atoms with E-state index in [-0.39, 0.29) is 35.9 Å². The summed E-state index contributed by atoms with van der Waals surface area (Å²) in [4.78, 5) is 8.84. The van der Waals surface area contributed by atoms with Crippen LogP contribution < -0.4 is 10.6 Å². The van der Waals surface area contributed by atoms with Crippen LogP contribution in [0.5, 0.6) is 0 Å². The number of ether oxygens (including phenoxy) is 1. The summed E-state index contributed by atoms with van der Waals surface area (Å²) < 4.78 is 18.6. The number of guanidine groups is 1. The van der Waals surface area contributed by atoms with Crippen LogP contribution in [0.25, 0.3) is 0 Å². The van der Waals surface area contributed by atoms with E-state index in [1.54, 1.807) is 7.11 Å². The van der Waals surface area contributed by atoms with Gasteiger partial charge in [-0.1, -0.05) is 30.3 Å². The number of hydrogen-bond donors (Lipinski definition) is 1. The Kier molecular flexibility index (Phi) is 8.30. The molecule has 7 heteroatoms. The summed E-state index contributed by atoms with van der Waals surface area (Å²) in [5.41, 5.74) is 8.31. The van der Waals surface area contributed by atoms with Crippen LogP contribution >= 0.6 is 24.0 Å². The van der Waals surface area contributed by atoms with Crippen molar-refractivity contribution < 1.29 is 9.13 Å². The number of rotatable bonds is 5. The van der Waals surface area contributed by atoms with E-state index in [0.29, 0.717) is 12.5 Å². The number of benzene rings is 2. The summed E-state index contributed by atoms with van der Waals surface area (Å²) in [6.07, 6.45) is -0.102. The molecule has 1 aliphatic rings. The van der Waals surface area contributed by atoms with Crippen LogP contribution in [0.15, 0.2) is 59.6 Å². The Morgan fingerprint density at radius 3 is 2.30 bits per heavy atom. The van der Waals surface area contributed by atoms with Gasteiger partial charge >= 0.3 is 0 Å². The highest BCUT2D eigenvalue weighted by molar-refractivity contribution is 14.0. The molecule has 1 unspecified atom stereocenters. The molecular formula is C20H26FIN4O. The second-order valence-corrected chi connectivity index (χ2v) is 6.28. The van der Waals surface area contributed by atoms with E-state index >= 15 is 0 Å². The summed E-state index contributed by atoms with van der Waals surface area (Å²) in [7, 11) is 1.69. The summed E-state index contributed by atoms with van der Waals surface area (Å²) in [6, 6.07) is 16.6. The van der Waals surface area contributed by atoms with Crippen LogP contribution in [0, 0.1) is 5.82 Å². The lowest BCUT2D eigenvalue weighted by Gasteiger charge is -2.36. The maximum absolute atomic E-state index is 13.1. The van der Waals surface area contributed by atoms with Crippen LogP contribution in [0.1, 0.15) is 11.7 Å². The Morgan fingerprint density at radius 1 is 1.07 bits per heavy atom. The Bertz CT molecular complexity index is 719. The summed E-state index contributed by atoms with van der Waals surface area (Å²) in [5.74, 6) is 0.330. The van der Waals surface area contributed by atoms with E-state index in [9.17, 15) is 4.39 Å². The van der Waals surface area contributed by atoms with Gasteiger partial charge in [0, 0.05) is 39.0 Å². The average Bonchev–Trinajstić information content (AvgIpc) is 2.70. The number of nitrogens with zero attached hydrogens (tertiary/aromatic N) is 3. The predicted octanol–water partition coefficient (Wildman–Crippen LogP) is 3.27. The first kappa shape index (κ1) is 21.4. The highest BCUT2D eigenvalue weighted by atomic mass is 127. The molecule has 1 aliphatic heterocycles. The zero-order valence-electron chi connectivity index (χ0n) is 15.4. The highest BCUT2D eigenvalue weighted by Gasteiger charge is 2.19. The van der Waals surface area contributed by atoms with Crippen molar-refractivity contribution in [3.05, 3.63) is 66.0 Å². The van der Waals surface area contributed by atoms with Crippen molar-refractivity contribution in [2.24, 2.45) is 10.7 Å². The van der Waals surface area contributed by atoms with Crippen molar-refractivity contribution in [1.29, 1.82) is 0 Å². The zero-order valence-corrected chi connectivity index (χ0v) is 17.8. The summed E-state index contributed by atoms with van der Waals surface area (Å²) >= 11 is 0. The molecule has 146 valence electrons. The molecule has 5 nitrogen and oxygen atoms in total. The smallest absolute Gasteiger partial charge is 0.191 e. The third-order valence-electron chi connectivity index (χ3n) is 4.67. The minimum atomic E-state index is -0.213. The monoisotopic (exact) mass is 484 g/mol. The van der Waals surface area contributed by atoms with Crippen molar-refractivity contribution in [2.45, 2.75) is 6.10 Å². The van der Waals surface area contributed by atoms with Crippen LogP contribution in [-0.2, 0) is 4.74 Å². The van der Waals surface area contributed by atoms with Crippen molar-refractivity contribution in [3.63, 3.8) is 0 Å². The average molecular weight is 484 g/mol. The first-order valence-electron chi connectivity index (χ1n) is 8.80. The Hall–Kier alpha value is -1.87. The molecule has 1 saturated heterocycles. The summed E-state index contributed by atoms with van der Waals surface area (Å²) in [5, 5.41) is 0. The largest absolute Gasteiger partial charge is 0.375 e. The topological polar surface area (TPSA) is 54.1 Å². The van der Waals surface area contributed by atoms with Gasteiger partial charge in [0.05, 0.1) is 6.54 Å². The van der Waals surface area contributed by atoms with E-state index in [1.165, 1.54) is 12.1 Å². The van der Waals surface area contributed by atoms with Gasteiger partial charge in [-0.25, -0.2) is 4.39 Å². The fraction of sp³-hybridized carbons (Fsp3) is 0.350. The van der Waals surface area contributed by atoms with Crippen molar-refractivity contribution in [1.82, 2.24) is 4.90 Å². The Balaban J connectivity index is 0.00000261. The maximum Gasteiger partial charge on any atom is 0.191 e. The molecule has 0 aliphatic carbocycles. The fourth-order valence-electron chi connectivity index (χ4n) is 3.11. The van der Waals surface area contributed by atoms with Crippen LogP contribution in [0.2, 0.25) is 0 Å². The highest BCUT2D eigenvalue weighted by Crippen LogP contribution is 2.18. The third kappa shape index (κ3) is 5.80. The van der Waals surface area contributed by atoms with Gasteiger partial charge in [-0.15, -0.1) is 24.0 Å². The van der Waals surface area contributed by atoms with Crippen LogP contribution in [-0.4, -0.2) is 50.7 Å². The molecule has 2 aromatic rings. The number of methoxy groups -OCH3 is 1. The van der Waals surface area contributed by atoms with Gasteiger partial charge in [0.15, 0.2) is 5.96 Å². The molecule has 27 heavy (non-hydrogen) atoms. The molecule has 2 aromatic carbocycles. The van der Waals surface area contributed by atoms with Gasteiger partial charge < -0.3 is 20.3 Å². The number of piperazine rings is 1. The van der Waals surface area contributed by atoms with Gasteiger partial charge in [-0.2, -0.15) is 0 Å². The molecule has 1 atom stereocenters. The first-order valence-corrected chi connectivity index (χ1v) is 8.80. The Morgan fingerprint density at radius 2 is 1.70 bits per heavy atom. The van der Waals surface area contributed by atoms with Crippen LogP contribution in [0.3, 0.4) is 0 Å². The second-order valence-electron chi connectivity index (χ2n) is 6.28. The molecule has 0 spiro atoms.